The van der Waals surface area contributed by atoms with Crippen LogP contribution >= 0.6 is 0 Å². The van der Waals surface area contributed by atoms with Gasteiger partial charge in [-0.3, -0.25) is 9.78 Å². The smallest absolute Gasteiger partial charge is 0.178 e. The number of aromatic nitrogens is 3. The predicted octanol–water partition coefficient (Wildman–Crippen LogP) is 4.31. The second kappa shape index (κ2) is 7.04. The van der Waals surface area contributed by atoms with Crippen molar-refractivity contribution in [3.8, 4) is 0 Å². The van der Waals surface area contributed by atoms with Gasteiger partial charge in [-0.25, -0.2) is 4.98 Å². The number of fused-ring (bicyclic) bond motifs is 1. The van der Waals surface area contributed by atoms with E-state index in [0.717, 1.165) is 22.6 Å². The molecule has 0 radical (unpaired) electrons. The normalized spacial score (nSPS) is 12.0. The molecule has 0 aliphatic rings. The Bertz CT molecular complexity index is 905. The zero-order chi connectivity index (χ0) is 16.9. The third kappa shape index (κ3) is 3.49. The van der Waals surface area contributed by atoms with Crippen molar-refractivity contribution in [1.82, 2.24) is 14.5 Å². The molecule has 120 valence electrons. The number of carbonyl (C=O) groups excluding carboxylic acids is 1. The van der Waals surface area contributed by atoms with Crippen molar-refractivity contribution in [1.29, 1.82) is 0 Å². The van der Waals surface area contributed by atoms with Crippen LogP contribution in [0.1, 0.15) is 31.4 Å². The summed E-state index contributed by atoms with van der Waals surface area (Å²) in [6.45, 7) is 4.21. The minimum Gasteiger partial charge on any atom is -0.322 e. The molecular formula is C20H19N3O. The number of hydrogen-bond donors (Lipinski definition) is 0. The van der Waals surface area contributed by atoms with E-state index in [2.05, 4.69) is 28.4 Å². The highest BCUT2D eigenvalue weighted by atomic mass is 16.1. The largest absolute Gasteiger partial charge is 0.322 e. The molecule has 3 rings (SSSR count). The van der Waals surface area contributed by atoms with Crippen molar-refractivity contribution < 1.29 is 4.79 Å². The number of benzene rings is 1. The monoisotopic (exact) mass is 317 g/mol. The van der Waals surface area contributed by atoms with Crippen molar-refractivity contribution >= 4 is 29.0 Å². The third-order valence-electron chi connectivity index (χ3n) is 3.64. The molecule has 0 amide bonds. The van der Waals surface area contributed by atoms with Gasteiger partial charge in [0.15, 0.2) is 5.78 Å². The Morgan fingerprint density at radius 2 is 1.79 bits per heavy atom. The number of para-hydroxylation sites is 2. The Hall–Kier alpha value is -3.01. The lowest BCUT2D eigenvalue weighted by atomic mass is 10.2. The summed E-state index contributed by atoms with van der Waals surface area (Å²) in [5.74, 6) is 0.689. The van der Waals surface area contributed by atoms with Gasteiger partial charge < -0.3 is 4.57 Å². The Morgan fingerprint density at radius 3 is 2.54 bits per heavy atom. The Balaban J connectivity index is 1.84. The molecule has 0 aliphatic heterocycles. The quantitative estimate of drug-likeness (QED) is 0.659. The molecule has 2 aromatic heterocycles. The van der Waals surface area contributed by atoms with E-state index in [-0.39, 0.29) is 11.8 Å². The van der Waals surface area contributed by atoms with Crippen molar-refractivity contribution in [3.63, 3.8) is 0 Å². The fourth-order valence-corrected chi connectivity index (χ4v) is 2.58. The first kappa shape index (κ1) is 15.9. The number of imidazole rings is 1. The average Bonchev–Trinajstić information content (AvgIpc) is 2.97. The number of nitrogens with zero attached hydrogens (tertiary/aromatic N) is 3. The number of carbonyl (C=O) groups is 1. The molecule has 0 saturated carbocycles. The van der Waals surface area contributed by atoms with Crippen LogP contribution in [0.3, 0.4) is 0 Å². The van der Waals surface area contributed by atoms with Crippen LogP contribution in [-0.4, -0.2) is 20.3 Å². The Kier molecular flexibility index (Phi) is 4.66. The summed E-state index contributed by atoms with van der Waals surface area (Å²) in [7, 11) is 0. The number of allylic oxidation sites excluding steroid dienone is 2. The van der Waals surface area contributed by atoms with Crippen molar-refractivity contribution in [3.05, 3.63) is 72.3 Å². The predicted molar refractivity (Wildman–Crippen MR) is 97.4 cm³/mol. The maximum Gasteiger partial charge on any atom is 0.178 e. The van der Waals surface area contributed by atoms with E-state index in [1.807, 2.05) is 42.5 Å². The van der Waals surface area contributed by atoms with Gasteiger partial charge in [0.25, 0.3) is 0 Å². The van der Waals surface area contributed by atoms with Crippen molar-refractivity contribution in [2.24, 2.45) is 0 Å². The molecule has 24 heavy (non-hydrogen) atoms. The molecule has 2 heterocycles. The van der Waals surface area contributed by atoms with E-state index in [0.29, 0.717) is 0 Å². The van der Waals surface area contributed by atoms with Crippen LogP contribution in [0.15, 0.2) is 60.8 Å². The van der Waals surface area contributed by atoms with Gasteiger partial charge >= 0.3 is 0 Å². The molecule has 0 unspecified atom stereocenters. The molecule has 0 aliphatic carbocycles. The maximum absolute atomic E-state index is 12.0. The van der Waals surface area contributed by atoms with Gasteiger partial charge in [0.05, 0.1) is 16.7 Å². The van der Waals surface area contributed by atoms with Crippen LogP contribution in [-0.2, 0) is 4.79 Å². The summed E-state index contributed by atoms with van der Waals surface area (Å²) in [5, 5.41) is 0. The average molecular weight is 317 g/mol. The molecule has 3 aromatic rings. The lowest BCUT2D eigenvalue weighted by molar-refractivity contribution is -0.110. The zero-order valence-electron chi connectivity index (χ0n) is 13.8. The topological polar surface area (TPSA) is 47.8 Å². The standard InChI is InChI=1S/C20H19N3O/c1-15(2)23-19-9-4-3-8-18(19)22-20(23)13-12-17(24)11-10-16-7-5-6-14-21-16/h3-15H,1-2H3/b11-10+,13-12+. The summed E-state index contributed by atoms with van der Waals surface area (Å²) >= 11 is 0. The van der Waals surface area contributed by atoms with E-state index in [1.54, 1.807) is 24.4 Å². The highest BCUT2D eigenvalue weighted by Gasteiger charge is 2.10. The van der Waals surface area contributed by atoms with Crippen molar-refractivity contribution in [2.45, 2.75) is 19.9 Å². The fraction of sp³-hybridized carbons (Fsp3) is 0.150. The van der Waals surface area contributed by atoms with Crippen LogP contribution in [0.5, 0.6) is 0 Å². The molecule has 0 bridgehead atoms. The lowest BCUT2D eigenvalue weighted by Crippen LogP contribution is -2.03. The van der Waals surface area contributed by atoms with E-state index in [4.69, 9.17) is 0 Å². The van der Waals surface area contributed by atoms with Gasteiger partial charge in [-0.05, 0) is 62.4 Å². The van der Waals surface area contributed by atoms with Crippen LogP contribution in [0.2, 0.25) is 0 Å². The van der Waals surface area contributed by atoms with Crippen LogP contribution in [0, 0.1) is 0 Å². The molecule has 0 saturated heterocycles. The molecule has 4 nitrogen and oxygen atoms in total. The Labute approximate surface area is 141 Å². The van der Waals surface area contributed by atoms with E-state index >= 15 is 0 Å². The number of ketones is 1. The summed E-state index contributed by atoms with van der Waals surface area (Å²) in [6, 6.07) is 13.8. The third-order valence-corrected chi connectivity index (χ3v) is 3.64. The highest BCUT2D eigenvalue weighted by molar-refractivity contribution is 6.04. The van der Waals surface area contributed by atoms with Gasteiger partial charge in [0, 0.05) is 12.2 Å². The van der Waals surface area contributed by atoms with E-state index < -0.39 is 0 Å². The summed E-state index contributed by atoms with van der Waals surface area (Å²) in [5.41, 5.74) is 2.76. The van der Waals surface area contributed by atoms with Gasteiger partial charge in [-0.2, -0.15) is 0 Å². The molecule has 4 heteroatoms. The second-order valence-corrected chi connectivity index (χ2v) is 5.75. The van der Waals surface area contributed by atoms with Gasteiger partial charge in [0.2, 0.25) is 0 Å². The number of hydrogen-bond acceptors (Lipinski definition) is 3. The second-order valence-electron chi connectivity index (χ2n) is 5.75. The first-order valence-electron chi connectivity index (χ1n) is 7.93. The number of pyridine rings is 1. The van der Waals surface area contributed by atoms with Crippen LogP contribution < -0.4 is 0 Å². The molecule has 0 fully saturated rings. The minimum absolute atomic E-state index is 0.0944. The first-order chi connectivity index (χ1) is 11.6. The van der Waals surface area contributed by atoms with Crippen LogP contribution in [0.4, 0.5) is 0 Å². The minimum atomic E-state index is -0.0944. The molecule has 1 aromatic carbocycles. The van der Waals surface area contributed by atoms with Crippen molar-refractivity contribution in [2.75, 3.05) is 0 Å². The Morgan fingerprint density at radius 1 is 1.04 bits per heavy atom. The first-order valence-corrected chi connectivity index (χ1v) is 7.93. The molecule has 0 atom stereocenters. The molecular weight excluding hydrogens is 298 g/mol. The van der Waals surface area contributed by atoms with E-state index in [1.165, 1.54) is 6.08 Å². The van der Waals surface area contributed by atoms with Gasteiger partial charge in [0.1, 0.15) is 5.82 Å². The molecule has 0 spiro atoms. The summed E-state index contributed by atoms with van der Waals surface area (Å²) in [4.78, 5) is 20.8. The number of rotatable bonds is 5. The van der Waals surface area contributed by atoms with E-state index in [9.17, 15) is 4.79 Å². The van der Waals surface area contributed by atoms with Gasteiger partial charge in [-0.15, -0.1) is 0 Å². The highest BCUT2D eigenvalue weighted by Crippen LogP contribution is 2.21. The maximum atomic E-state index is 12.0. The SMILES string of the molecule is CC(C)n1c(/C=C/C(=O)/C=C/c2ccccn2)nc2ccccc21. The van der Waals surface area contributed by atoms with Crippen LogP contribution in [0.25, 0.3) is 23.2 Å². The summed E-state index contributed by atoms with van der Waals surface area (Å²) in [6.07, 6.45) is 8.23. The lowest BCUT2D eigenvalue weighted by Gasteiger charge is -2.10. The fourth-order valence-electron chi connectivity index (χ4n) is 2.58. The molecule has 0 N–H and O–H groups in total. The van der Waals surface area contributed by atoms with Gasteiger partial charge in [-0.1, -0.05) is 18.2 Å². The zero-order valence-corrected chi connectivity index (χ0v) is 13.8. The summed E-state index contributed by atoms with van der Waals surface area (Å²) < 4.78 is 2.13.